The average molecular weight is 494 g/mol. The van der Waals surface area contributed by atoms with Gasteiger partial charge in [0.15, 0.2) is 5.65 Å². The van der Waals surface area contributed by atoms with E-state index in [1.807, 2.05) is 68.4 Å². The van der Waals surface area contributed by atoms with E-state index in [0.29, 0.717) is 11.4 Å². The number of nitro groups is 1. The third-order valence-corrected chi connectivity index (χ3v) is 5.89. The van der Waals surface area contributed by atoms with Crippen LogP contribution in [0.25, 0.3) is 22.2 Å². The summed E-state index contributed by atoms with van der Waals surface area (Å²) >= 11 is 0. The van der Waals surface area contributed by atoms with Crippen LogP contribution in [0.4, 0.5) is 11.4 Å². The molecule has 0 aliphatic heterocycles. The minimum absolute atomic E-state index is 0.119. The standard InChI is InChI=1S/C28H23N5O4/c1-18-8-6-7-11-25(18)37-23-15-21(14-22(16-23)33(35)36)30-26(34)17-32-28-27(19(2)31-32)24(12-13-29-28)20-9-4-3-5-10-20/h3-16H,17H2,1-2H3,(H,30,34). The molecule has 0 radical (unpaired) electrons. The van der Waals surface area contributed by atoms with Gasteiger partial charge in [0.2, 0.25) is 5.91 Å². The average Bonchev–Trinajstić information content (AvgIpc) is 3.20. The molecule has 1 amide bonds. The van der Waals surface area contributed by atoms with Gasteiger partial charge in [0, 0.05) is 23.7 Å². The Balaban J connectivity index is 1.41. The third-order valence-electron chi connectivity index (χ3n) is 5.89. The predicted molar refractivity (Wildman–Crippen MR) is 141 cm³/mol. The molecule has 9 nitrogen and oxygen atoms in total. The molecule has 1 N–H and O–H groups in total. The van der Waals surface area contributed by atoms with Gasteiger partial charge in [-0.2, -0.15) is 5.10 Å². The van der Waals surface area contributed by atoms with E-state index < -0.39 is 10.8 Å². The second-order valence-electron chi connectivity index (χ2n) is 8.55. The van der Waals surface area contributed by atoms with Gasteiger partial charge in [-0.25, -0.2) is 9.67 Å². The molecule has 2 heterocycles. The molecule has 37 heavy (non-hydrogen) atoms. The zero-order valence-corrected chi connectivity index (χ0v) is 20.2. The summed E-state index contributed by atoms with van der Waals surface area (Å²) < 4.78 is 7.41. The fourth-order valence-electron chi connectivity index (χ4n) is 4.20. The topological polar surface area (TPSA) is 112 Å². The van der Waals surface area contributed by atoms with E-state index in [0.717, 1.165) is 27.8 Å². The number of rotatable bonds is 7. The number of nitrogens with zero attached hydrogens (tertiary/aromatic N) is 4. The van der Waals surface area contributed by atoms with E-state index in [2.05, 4.69) is 15.4 Å². The first-order valence-electron chi connectivity index (χ1n) is 11.6. The van der Waals surface area contributed by atoms with Gasteiger partial charge in [0.05, 0.1) is 22.4 Å². The maximum Gasteiger partial charge on any atom is 0.275 e. The Morgan fingerprint density at radius 1 is 1.03 bits per heavy atom. The first-order chi connectivity index (χ1) is 17.9. The maximum atomic E-state index is 13.0. The Bertz CT molecular complexity index is 1630. The van der Waals surface area contributed by atoms with Gasteiger partial charge in [-0.1, -0.05) is 48.5 Å². The number of carbonyl (C=O) groups excluding carboxylic acids is 1. The minimum atomic E-state index is -0.528. The van der Waals surface area contributed by atoms with Gasteiger partial charge in [-0.15, -0.1) is 0 Å². The molecule has 0 saturated carbocycles. The van der Waals surface area contributed by atoms with E-state index in [4.69, 9.17) is 4.74 Å². The van der Waals surface area contributed by atoms with Crippen molar-refractivity contribution in [3.05, 3.63) is 106 Å². The molecule has 0 aliphatic rings. The van der Waals surface area contributed by atoms with Crippen LogP contribution < -0.4 is 10.1 Å². The van der Waals surface area contributed by atoms with Crippen LogP contribution in [0.3, 0.4) is 0 Å². The number of amides is 1. The van der Waals surface area contributed by atoms with Crippen molar-refractivity contribution >= 4 is 28.3 Å². The zero-order chi connectivity index (χ0) is 25.9. The molecule has 0 fully saturated rings. The first-order valence-corrected chi connectivity index (χ1v) is 11.6. The lowest BCUT2D eigenvalue weighted by Gasteiger charge is -2.11. The number of aryl methyl sites for hydroxylation is 2. The maximum absolute atomic E-state index is 13.0. The molecule has 5 rings (SSSR count). The molecule has 0 bridgehead atoms. The van der Waals surface area contributed by atoms with E-state index >= 15 is 0 Å². The molecule has 0 unspecified atom stereocenters. The van der Waals surface area contributed by atoms with E-state index in [9.17, 15) is 14.9 Å². The number of non-ortho nitro benzene ring substituents is 1. The molecule has 2 aromatic heterocycles. The number of benzene rings is 3. The summed E-state index contributed by atoms with van der Waals surface area (Å²) in [7, 11) is 0. The van der Waals surface area contributed by atoms with Gasteiger partial charge in [0.1, 0.15) is 18.0 Å². The van der Waals surface area contributed by atoms with Crippen LogP contribution in [0, 0.1) is 24.0 Å². The van der Waals surface area contributed by atoms with Crippen LogP contribution in [-0.4, -0.2) is 25.6 Å². The van der Waals surface area contributed by atoms with Gasteiger partial charge < -0.3 is 10.1 Å². The summed E-state index contributed by atoms with van der Waals surface area (Å²) in [5.41, 5.74) is 4.26. The number of ether oxygens (including phenoxy) is 1. The van der Waals surface area contributed by atoms with Crippen LogP contribution in [0.2, 0.25) is 0 Å². The lowest BCUT2D eigenvalue weighted by Crippen LogP contribution is -2.20. The van der Waals surface area contributed by atoms with Crippen LogP contribution in [0.1, 0.15) is 11.3 Å². The van der Waals surface area contributed by atoms with Crippen molar-refractivity contribution in [2.24, 2.45) is 0 Å². The molecule has 0 saturated heterocycles. The largest absolute Gasteiger partial charge is 0.457 e. The van der Waals surface area contributed by atoms with Gasteiger partial charge in [-0.3, -0.25) is 14.9 Å². The molecule has 9 heteroatoms. The van der Waals surface area contributed by atoms with Crippen molar-refractivity contribution in [3.63, 3.8) is 0 Å². The molecule has 5 aromatic rings. The van der Waals surface area contributed by atoms with Crippen molar-refractivity contribution < 1.29 is 14.5 Å². The Morgan fingerprint density at radius 2 is 1.78 bits per heavy atom. The Hall–Kier alpha value is -5.05. The van der Waals surface area contributed by atoms with Crippen LogP contribution in [0.15, 0.2) is 85.1 Å². The Labute approximate surface area is 212 Å². The third kappa shape index (κ3) is 5.01. The van der Waals surface area contributed by atoms with Gasteiger partial charge in [0.25, 0.3) is 5.69 Å². The van der Waals surface area contributed by atoms with Crippen LogP contribution in [-0.2, 0) is 11.3 Å². The Morgan fingerprint density at radius 3 is 2.54 bits per heavy atom. The molecule has 0 aliphatic carbocycles. The highest BCUT2D eigenvalue weighted by atomic mass is 16.6. The highest BCUT2D eigenvalue weighted by Gasteiger charge is 2.18. The lowest BCUT2D eigenvalue weighted by molar-refractivity contribution is -0.384. The van der Waals surface area contributed by atoms with Crippen molar-refractivity contribution in [1.82, 2.24) is 14.8 Å². The lowest BCUT2D eigenvalue weighted by atomic mass is 10.0. The number of hydrogen-bond donors (Lipinski definition) is 1. The normalized spacial score (nSPS) is 10.9. The molecular formula is C28H23N5O4. The number of nitro benzene ring substituents is 1. The number of para-hydroxylation sites is 1. The number of anilines is 1. The second-order valence-corrected chi connectivity index (χ2v) is 8.55. The monoisotopic (exact) mass is 493 g/mol. The number of pyridine rings is 1. The van der Waals surface area contributed by atoms with Gasteiger partial charge in [-0.05, 0) is 42.7 Å². The number of fused-ring (bicyclic) bond motifs is 1. The molecular weight excluding hydrogens is 470 g/mol. The SMILES string of the molecule is Cc1ccccc1Oc1cc(NC(=O)Cn2nc(C)c3c(-c4ccccc4)ccnc32)cc([N+](=O)[O-])c1. The fraction of sp³-hybridized carbons (Fsp3) is 0.107. The number of hydrogen-bond acceptors (Lipinski definition) is 6. The summed E-state index contributed by atoms with van der Waals surface area (Å²) in [4.78, 5) is 28.4. The second kappa shape index (κ2) is 9.90. The number of aromatic nitrogens is 3. The van der Waals surface area contributed by atoms with Crippen LogP contribution in [0.5, 0.6) is 11.5 Å². The quantitative estimate of drug-likeness (QED) is 0.218. The summed E-state index contributed by atoms with van der Waals surface area (Å²) in [5, 5.41) is 19.7. The van der Waals surface area contributed by atoms with E-state index in [1.54, 1.807) is 18.3 Å². The fourth-order valence-corrected chi connectivity index (χ4v) is 4.20. The summed E-state index contributed by atoms with van der Waals surface area (Å²) in [6.45, 7) is 3.63. The van der Waals surface area contributed by atoms with Gasteiger partial charge >= 0.3 is 0 Å². The van der Waals surface area contributed by atoms with E-state index in [1.165, 1.54) is 16.8 Å². The summed E-state index contributed by atoms with van der Waals surface area (Å²) in [5.74, 6) is 0.408. The van der Waals surface area contributed by atoms with Crippen molar-refractivity contribution in [2.45, 2.75) is 20.4 Å². The molecule has 0 atom stereocenters. The molecule has 184 valence electrons. The number of nitrogens with one attached hydrogen (secondary N) is 1. The minimum Gasteiger partial charge on any atom is -0.457 e. The highest BCUT2D eigenvalue weighted by molar-refractivity contribution is 5.96. The molecule has 0 spiro atoms. The van der Waals surface area contributed by atoms with E-state index in [-0.39, 0.29) is 23.7 Å². The predicted octanol–water partition coefficient (Wildman–Crippen LogP) is 6.05. The van der Waals surface area contributed by atoms with Crippen molar-refractivity contribution in [1.29, 1.82) is 0 Å². The highest BCUT2D eigenvalue weighted by Crippen LogP contribution is 2.32. The Kier molecular flexibility index (Phi) is 6.34. The smallest absolute Gasteiger partial charge is 0.275 e. The number of carbonyl (C=O) groups is 1. The van der Waals surface area contributed by atoms with Crippen LogP contribution >= 0.6 is 0 Å². The summed E-state index contributed by atoms with van der Waals surface area (Å²) in [6, 6.07) is 23.3. The van der Waals surface area contributed by atoms with Crippen molar-refractivity contribution in [3.8, 4) is 22.6 Å². The first kappa shape index (κ1) is 23.7. The van der Waals surface area contributed by atoms with Crippen molar-refractivity contribution in [2.75, 3.05) is 5.32 Å². The summed E-state index contributed by atoms with van der Waals surface area (Å²) in [6.07, 6.45) is 1.69. The molecule has 3 aromatic carbocycles. The zero-order valence-electron chi connectivity index (χ0n) is 20.2.